The van der Waals surface area contributed by atoms with Crippen LogP contribution in [-0.4, -0.2) is 27.0 Å². The van der Waals surface area contributed by atoms with Crippen LogP contribution in [0.3, 0.4) is 0 Å². The van der Waals surface area contributed by atoms with Crippen LogP contribution in [0.5, 0.6) is 11.5 Å². The van der Waals surface area contributed by atoms with Gasteiger partial charge in [0.25, 0.3) is 5.91 Å². The zero-order valence-corrected chi connectivity index (χ0v) is 12.2. The number of phenols is 2. The Bertz CT molecular complexity index is 470. The summed E-state index contributed by atoms with van der Waals surface area (Å²) in [5.41, 5.74) is -0.126. The summed E-state index contributed by atoms with van der Waals surface area (Å²) in [6.45, 7) is 0. The maximum atomic E-state index is 12.2. The molecular formula is C14H18BrNO3. The van der Waals surface area contributed by atoms with Gasteiger partial charge in [0.2, 0.25) is 0 Å². The molecule has 1 saturated carbocycles. The van der Waals surface area contributed by atoms with E-state index < -0.39 is 0 Å². The smallest absolute Gasteiger partial charge is 0.255 e. The summed E-state index contributed by atoms with van der Waals surface area (Å²) in [4.78, 5) is 12.2. The molecule has 1 aliphatic carbocycles. The number of amides is 1. The molecule has 0 atom stereocenters. The van der Waals surface area contributed by atoms with E-state index in [-0.39, 0.29) is 28.5 Å². The van der Waals surface area contributed by atoms with Crippen LogP contribution in [-0.2, 0) is 0 Å². The van der Waals surface area contributed by atoms with Crippen molar-refractivity contribution in [1.29, 1.82) is 0 Å². The quantitative estimate of drug-likeness (QED) is 0.590. The van der Waals surface area contributed by atoms with Crippen LogP contribution in [0.1, 0.15) is 42.5 Å². The molecule has 2 rings (SSSR count). The molecule has 3 N–H and O–H groups in total. The summed E-state index contributed by atoms with van der Waals surface area (Å²) in [6, 6.07) is 3.97. The highest BCUT2D eigenvalue weighted by molar-refractivity contribution is 9.09. The number of phenolic OH excluding ortho intramolecular Hbond substituents is 2. The van der Waals surface area contributed by atoms with Gasteiger partial charge < -0.3 is 15.5 Å². The lowest BCUT2D eigenvalue weighted by molar-refractivity contribution is 0.0883. The van der Waals surface area contributed by atoms with Gasteiger partial charge in [0.1, 0.15) is 11.5 Å². The van der Waals surface area contributed by atoms with Crippen LogP contribution in [0.15, 0.2) is 18.2 Å². The lowest BCUT2D eigenvalue weighted by Gasteiger charge is -2.36. The van der Waals surface area contributed by atoms with E-state index in [1.807, 2.05) is 0 Å². The predicted octanol–water partition coefficient (Wildman–Crippen LogP) is 2.93. The van der Waals surface area contributed by atoms with Crippen molar-refractivity contribution in [2.45, 2.75) is 37.6 Å². The van der Waals surface area contributed by atoms with E-state index in [0.29, 0.717) is 5.33 Å². The summed E-state index contributed by atoms with van der Waals surface area (Å²) in [6.07, 6.45) is 5.25. The molecular weight excluding hydrogens is 310 g/mol. The maximum absolute atomic E-state index is 12.2. The minimum absolute atomic E-state index is 0.0283. The molecule has 104 valence electrons. The number of hydrogen-bond donors (Lipinski definition) is 3. The lowest BCUT2D eigenvalue weighted by Crippen LogP contribution is -2.51. The fourth-order valence-corrected chi connectivity index (χ4v) is 3.24. The summed E-state index contributed by atoms with van der Waals surface area (Å²) >= 11 is 3.48. The first-order chi connectivity index (χ1) is 9.06. The van der Waals surface area contributed by atoms with E-state index in [2.05, 4.69) is 21.2 Å². The van der Waals surface area contributed by atoms with Crippen LogP contribution >= 0.6 is 15.9 Å². The summed E-state index contributed by atoms with van der Waals surface area (Å²) in [7, 11) is 0. The van der Waals surface area contributed by atoms with Crippen LogP contribution in [0.2, 0.25) is 0 Å². The molecule has 1 aromatic carbocycles. The predicted molar refractivity (Wildman–Crippen MR) is 76.8 cm³/mol. The highest BCUT2D eigenvalue weighted by Gasteiger charge is 2.33. The highest BCUT2D eigenvalue weighted by Crippen LogP contribution is 2.31. The molecule has 0 heterocycles. The first kappa shape index (κ1) is 14.2. The summed E-state index contributed by atoms with van der Waals surface area (Å²) < 4.78 is 0. The number of rotatable bonds is 3. The third-order valence-corrected chi connectivity index (χ3v) is 4.74. The molecule has 1 aliphatic rings. The van der Waals surface area contributed by atoms with E-state index in [9.17, 15) is 15.0 Å². The van der Waals surface area contributed by atoms with Gasteiger partial charge >= 0.3 is 0 Å². The zero-order chi connectivity index (χ0) is 13.9. The van der Waals surface area contributed by atoms with E-state index in [1.165, 1.54) is 24.6 Å². The van der Waals surface area contributed by atoms with Gasteiger partial charge in [-0.05, 0) is 31.0 Å². The highest BCUT2D eigenvalue weighted by atomic mass is 79.9. The Morgan fingerprint density at radius 2 is 1.95 bits per heavy atom. The van der Waals surface area contributed by atoms with Crippen molar-refractivity contribution in [3.8, 4) is 11.5 Å². The van der Waals surface area contributed by atoms with E-state index in [0.717, 1.165) is 25.7 Å². The number of alkyl halides is 1. The Hall–Kier alpha value is -1.23. The van der Waals surface area contributed by atoms with Gasteiger partial charge in [0.15, 0.2) is 0 Å². The standard InChI is InChI=1S/C14H18BrNO3/c15-9-14(6-2-1-3-7-14)16-13(19)11-8-10(17)4-5-12(11)18/h4-5,8,17-18H,1-3,6-7,9H2,(H,16,19). The van der Waals surface area contributed by atoms with Gasteiger partial charge in [0, 0.05) is 5.33 Å². The van der Waals surface area contributed by atoms with Crippen LogP contribution in [0, 0.1) is 0 Å². The molecule has 0 aliphatic heterocycles. The third-order valence-electron chi connectivity index (χ3n) is 3.67. The summed E-state index contributed by atoms with van der Waals surface area (Å²) in [5.74, 6) is -0.481. The number of carbonyl (C=O) groups is 1. The normalized spacial score (nSPS) is 17.9. The largest absolute Gasteiger partial charge is 0.508 e. The second kappa shape index (κ2) is 5.82. The Balaban J connectivity index is 2.17. The van der Waals surface area contributed by atoms with Gasteiger partial charge in [-0.25, -0.2) is 0 Å². The van der Waals surface area contributed by atoms with Crippen molar-refractivity contribution < 1.29 is 15.0 Å². The number of halogens is 1. The topological polar surface area (TPSA) is 69.6 Å². The van der Waals surface area contributed by atoms with Gasteiger partial charge in [-0.15, -0.1) is 0 Å². The monoisotopic (exact) mass is 327 g/mol. The molecule has 1 amide bonds. The molecule has 0 saturated heterocycles. The number of hydrogen-bond acceptors (Lipinski definition) is 3. The van der Waals surface area contributed by atoms with Crippen molar-refractivity contribution in [3.05, 3.63) is 23.8 Å². The fraction of sp³-hybridized carbons (Fsp3) is 0.500. The average molecular weight is 328 g/mol. The molecule has 1 aromatic rings. The Morgan fingerprint density at radius 3 is 2.58 bits per heavy atom. The zero-order valence-electron chi connectivity index (χ0n) is 10.7. The van der Waals surface area contributed by atoms with Gasteiger partial charge in [-0.1, -0.05) is 35.2 Å². The van der Waals surface area contributed by atoms with Gasteiger partial charge in [-0.3, -0.25) is 4.79 Å². The van der Waals surface area contributed by atoms with Crippen molar-refractivity contribution >= 4 is 21.8 Å². The molecule has 5 heteroatoms. The Labute approximate surface area is 121 Å². The minimum atomic E-state index is -0.338. The Kier molecular flexibility index (Phi) is 4.34. The van der Waals surface area contributed by atoms with Crippen molar-refractivity contribution in [3.63, 3.8) is 0 Å². The van der Waals surface area contributed by atoms with Crippen LogP contribution in [0.25, 0.3) is 0 Å². The third kappa shape index (κ3) is 3.21. The fourth-order valence-electron chi connectivity index (χ4n) is 2.53. The SMILES string of the molecule is O=C(NC1(CBr)CCCCC1)c1cc(O)ccc1O. The number of aromatic hydroxyl groups is 2. The number of carbonyl (C=O) groups excluding carboxylic acids is 1. The summed E-state index contributed by atoms with van der Waals surface area (Å²) in [5, 5.41) is 22.8. The van der Waals surface area contributed by atoms with Gasteiger partial charge in [0.05, 0.1) is 11.1 Å². The average Bonchev–Trinajstić information content (AvgIpc) is 2.42. The maximum Gasteiger partial charge on any atom is 0.255 e. The van der Waals surface area contributed by atoms with Gasteiger partial charge in [-0.2, -0.15) is 0 Å². The number of nitrogens with one attached hydrogen (secondary N) is 1. The van der Waals surface area contributed by atoms with Crippen molar-refractivity contribution in [2.24, 2.45) is 0 Å². The molecule has 0 spiro atoms. The van der Waals surface area contributed by atoms with E-state index in [1.54, 1.807) is 0 Å². The minimum Gasteiger partial charge on any atom is -0.508 e. The molecule has 0 radical (unpaired) electrons. The van der Waals surface area contributed by atoms with E-state index in [4.69, 9.17) is 0 Å². The first-order valence-corrected chi connectivity index (χ1v) is 7.59. The molecule has 0 bridgehead atoms. The Morgan fingerprint density at radius 1 is 1.26 bits per heavy atom. The molecule has 0 unspecified atom stereocenters. The lowest BCUT2D eigenvalue weighted by atomic mass is 9.83. The van der Waals surface area contributed by atoms with E-state index >= 15 is 0 Å². The second-order valence-electron chi connectivity index (χ2n) is 5.13. The second-order valence-corrected chi connectivity index (χ2v) is 5.69. The van der Waals surface area contributed by atoms with Crippen LogP contribution < -0.4 is 5.32 Å². The number of benzene rings is 1. The molecule has 19 heavy (non-hydrogen) atoms. The molecule has 0 aromatic heterocycles. The van der Waals surface area contributed by atoms with Crippen LogP contribution in [0.4, 0.5) is 0 Å². The van der Waals surface area contributed by atoms with Crippen molar-refractivity contribution in [1.82, 2.24) is 5.32 Å². The first-order valence-electron chi connectivity index (χ1n) is 6.47. The molecule has 1 fully saturated rings. The molecule has 4 nitrogen and oxygen atoms in total. The van der Waals surface area contributed by atoms with Crippen molar-refractivity contribution in [2.75, 3.05) is 5.33 Å².